The number of aromatic nitrogens is 3. The van der Waals surface area contributed by atoms with Crippen LogP contribution in [-0.4, -0.2) is 52.4 Å². The molecule has 6 rings (SSSR count). The smallest absolute Gasteiger partial charge is 0.324 e. The molecule has 3 heterocycles. The number of halogens is 2. The first-order valence-electron chi connectivity index (χ1n) is 15.0. The molecule has 40 heavy (non-hydrogen) atoms. The molecular formula is C30H33F2N5O3. The molecule has 1 saturated heterocycles. The molecule has 8 nitrogen and oxygen atoms in total. The van der Waals surface area contributed by atoms with Crippen molar-refractivity contribution in [3.8, 4) is 11.1 Å². The van der Waals surface area contributed by atoms with Crippen molar-refractivity contribution >= 4 is 22.8 Å². The van der Waals surface area contributed by atoms with Crippen LogP contribution in [0, 0.1) is 25.5 Å². The molecule has 1 aliphatic carbocycles. The average Bonchev–Trinajstić information content (AvgIpc) is 3.50. The summed E-state index contributed by atoms with van der Waals surface area (Å²) < 4.78 is 63.7. The maximum absolute atomic E-state index is 14.4. The summed E-state index contributed by atoms with van der Waals surface area (Å²) in [5.74, 6) is -0.706. The lowest BCUT2D eigenvalue weighted by atomic mass is 9.92. The number of nitrogens with zero attached hydrogens (tertiary/aromatic N) is 5. The summed E-state index contributed by atoms with van der Waals surface area (Å²) in [4.78, 5) is 21.7. The number of ether oxygens (including phenoxy) is 1. The number of aryl methyl sites for hydroxylation is 2. The van der Waals surface area contributed by atoms with E-state index in [1.165, 1.54) is 11.0 Å². The van der Waals surface area contributed by atoms with E-state index in [0.29, 0.717) is 55.8 Å². The number of imidazole rings is 1. The molecule has 2 amide bonds. The van der Waals surface area contributed by atoms with Gasteiger partial charge in [0.1, 0.15) is 11.6 Å². The lowest BCUT2D eigenvalue weighted by Gasteiger charge is -2.40. The minimum atomic E-state index is -2.46. The van der Waals surface area contributed by atoms with E-state index >= 15 is 0 Å². The van der Waals surface area contributed by atoms with E-state index in [2.05, 4.69) is 9.72 Å². The first-order chi connectivity index (χ1) is 20.4. The topological polar surface area (TPSA) is 76.6 Å². The van der Waals surface area contributed by atoms with Crippen molar-refractivity contribution in [2.45, 2.75) is 64.1 Å². The minimum Gasteiger partial charge on any atom is -0.381 e. The van der Waals surface area contributed by atoms with E-state index in [4.69, 9.17) is 18.4 Å². The van der Waals surface area contributed by atoms with Crippen LogP contribution in [0.2, 0.25) is 0 Å². The SMILES string of the molecule is [2H]C([2H])([2H])O[C@H]1CC[C@H](n2c(C3CCN(C)C(=O)N3c3ccc(F)c(F)c3)nc3cc(-c4c(C)noc4C)ccc32)CC1. The predicted molar refractivity (Wildman–Crippen MR) is 147 cm³/mol. The van der Waals surface area contributed by atoms with Crippen LogP contribution in [0.4, 0.5) is 19.3 Å². The van der Waals surface area contributed by atoms with Gasteiger partial charge in [-0.3, -0.25) is 4.90 Å². The molecule has 2 aliphatic rings. The van der Waals surface area contributed by atoms with Gasteiger partial charge in [-0.1, -0.05) is 11.2 Å². The molecule has 1 aliphatic heterocycles. The molecule has 1 saturated carbocycles. The summed E-state index contributed by atoms with van der Waals surface area (Å²) in [7, 11) is -0.783. The van der Waals surface area contributed by atoms with Crippen LogP contribution in [0.15, 0.2) is 40.9 Å². The number of fused-ring (bicyclic) bond motifs is 1. The monoisotopic (exact) mass is 552 g/mol. The number of carbonyl (C=O) groups excluding carboxylic acids is 1. The van der Waals surface area contributed by atoms with Gasteiger partial charge >= 0.3 is 6.03 Å². The third-order valence-electron chi connectivity index (χ3n) is 8.28. The second-order valence-corrected chi connectivity index (χ2v) is 10.8. The number of rotatable bonds is 5. The van der Waals surface area contributed by atoms with Crippen molar-refractivity contribution in [1.29, 1.82) is 0 Å². The van der Waals surface area contributed by atoms with Gasteiger partial charge in [-0.15, -0.1) is 0 Å². The quantitative estimate of drug-likeness (QED) is 0.275. The highest BCUT2D eigenvalue weighted by Gasteiger charge is 2.38. The molecule has 2 aromatic carbocycles. The van der Waals surface area contributed by atoms with Gasteiger partial charge in [-0.05, 0) is 75.8 Å². The Morgan fingerprint density at radius 3 is 2.55 bits per heavy atom. The van der Waals surface area contributed by atoms with Crippen molar-refractivity contribution in [3.63, 3.8) is 0 Å². The summed E-state index contributed by atoms with van der Waals surface area (Å²) in [6, 6.07) is 8.50. The highest BCUT2D eigenvalue weighted by molar-refractivity contribution is 5.94. The Bertz CT molecular complexity index is 1660. The molecule has 0 spiro atoms. The first-order valence-corrected chi connectivity index (χ1v) is 13.5. The molecule has 0 bridgehead atoms. The molecule has 4 aromatic rings. The van der Waals surface area contributed by atoms with Gasteiger partial charge in [0.2, 0.25) is 0 Å². The largest absolute Gasteiger partial charge is 0.381 e. The maximum atomic E-state index is 14.4. The number of carbonyl (C=O) groups is 1. The van der Waals surface area contributed by atoms with Gasteiger partial charge in [0.05, 0.1) is 33.0 Å². The van der Waals surface area contributed by atoms with E-state index < -0.39 is 24.7 Å². The molecule has 1 unspecified atom stereocenters. The number of hydrogen-bond donors (Lipinski definition) is 0. The normalized spacial score (nSPS) is 23.4. The summed E-state index contributed by atoms with van der Waals surface area (Å²) in [5, 5.41) is 4.09. The van der Waals surface area contributed by atoms with Crippen LogP contribution in [0.5, 0.6) is 0 Å². The number of anilines is 1. The molecule has 2 fully saturated rings. The molecule has 2 aromatic heterocycles. The number of hydrogen-bond acceptors (Lipinski definition) is 5. The van der Waals surface area contributed by atoms with Crippen LogP contribution in [0.1, 0.15) is 65.6 Å². The predicted octanol–water partition coefficient (Wildman–Crippen LogP) is 6.72. The Kier molecular flexibility index (Phi) is 5.92. The van der Waals surface area contributed by atoms with E-state index in [1.54, 1.807) is 11.9 Å². The Balaban J connectivity index is 1.47. The summed E-state index contributed by atoms with van der Waals surface area (Å²) in [6.45, 7) is 4.19. The fraction of sp³-hybridized carbons (Fsp3) is 0.433. The Hall–Kier alpha value is -3.79. The third-order valence-corrected chi connectivity index (χ3v) is 8.28. The highest BCUT2D eigenvalue weighted by Crippen LogP contribution is 2.41. The summed E-state index contributed by atoms with van der Waals surface area (Å²) in [6.07, 6.45) is 2.54. The van der Waals surface area contributed by atoms with E-state index in [0.717, 1.165) is 34.5 Å². The Morgan fingerprint density at radius 1 is 1.05 bits per heavy atom. The number of methoxy groups -OCH3 is 1. The molecular weight excluding hydrogens is 516 g/mol. The molecule has 0 radical (unpaired) electrons. The van der Waals surface area contributed by atoms with Gasteiger partial charge in [0.25, 0.3) is 0 Å². The van der Waals surface area contributed by atoms with Gasteiger partial charge in [0.15, 0.2) is 11.6 Å². The van der Waals surface area contributed by atoms with E-state index in [9.17, 15) is 13.6 Å². The van der Waals surface area contributed by atoms with Gasteiger partial charge in [0, 0.05) is 44.0 Å². The molecule has 0 N–H and O–H groups in total. The first kappa shape index (κ1) is 23.0. The van der Waals surface area contributed by atoms with Crippen LogP contribution in [-0.2, 0) is 4.74 Å². The molecule has 10 heteroatoms. The van der Waals surface area contributed by atoms with Gasteiger partial charge in [-0.25, -0.2) is 18.6 Å². The molecule has 210 valence electrons. The summed E-state index contributed by atoms with van der Waals surface area (Å²) >= 11 is 0. The Morgan fingerprint density at radius 2 is 1.85 bits per heavy atom. The van der Waals surface area contributed by atoms with Crippen LogP contribution in [0.3, 0.4) is 0 Å². The van der Waals surface area contributed by atoms with Crippen LogP contribution >= 0.6 is 0 Å². The number of urea groups is 1. The fourth-order valence-corrected chi connectivity index (χ4v) is 6.24. The standard InChI is InChI=1S/C30H33F2N5O3/c1-17-28(18(2)40-34-17)19-5-12-26-25(15-19)33-29(36(26)20-6-9-22(39-4)10-7-20)27-13-14-35(3)30(38)37(27)21-8-11-23(31)24(32)16-21/h5,8,11-12,15-16,20,22,27H,6-7,9-10,13-14H2,1-4H3/t20-,22-,27?/i4D3. The average molecular weight is 553 g/mol. The van der Waals surface area contributed by atoms with E-state index in [-0.39, 0.29) is 23.9 Å². The fourth-order valence-electron chi connectivity index (χ4n) is 6.24. The summed E-state index contributed by atoms with van der Waals surface area (Å²) in [5.41, 5.74) is 4.36. The van der Waals surface area contributed by atoms with Gasteiger partial charge in [-0.2, -0.15) is 0 Å². The van der Waals surface area contributed by atoms with E-state index in [1.807, 2.05) is 32.0 Å². The second kappa shape index (κ2) is 10.3. The van der Waals surface area contributed by atoms with Crippen molar-refractivity contribution in [3.05, 3.63) is 65.3 Å². The zero-order valence-electron chi connectivity index (χ0n) is 25.7. The lowest BCUT2D eigenvalue weighted by molar-refractivity contribution is 0.0583. The zero-order chi connectivity index (χ0) is 30.6. The minimum absolute atomic E-state index is 0.0390. The third kappa shape index (κ3) is 4.44. The number of benzene rings is 2. The lowest BCUT2D eigenvalue weighted by Crippen LogP contribution is -2.50. The maximum Gasteiger partial charge on any atom is 0.324 e. The van der Waals surface area contributed by atoms with Crippen molar-refractivity contribution < 1.29 is 26.9 Å². The zero-order valence-corrected chi connectivity index (χ0v) is 22.7. The van der Waals surface area contributed by atoms with Crippen molar-refractivity contribution in [2.24, 2.45) is 0 Å². The van der Waals surface area contributed by atoms with Crippen LogP contribution in [0.25, 0.3) is 22.2 Å². The Labute approximate surface area is 235 Å². The van der Waals surface area contributed by atoms with Crippen molar-refractivity contribution in [1.82, 2.24) is 19.6 Å². The van der Waals surface area contributed by atoms with Crippen molar-refractivity contribution in [2.75, 3.05) is 25.5 Å². The van der Waals surface area contributed by atoms with Crippen LogP contribution < -0.4 is 4.90 Å². The van der Waals surface area contributed by atoms with Gasteiger partial charge < -0.3 is 18.7 Å². The number of amides is 2. The highest BCUT2D eigenvalue weighted by atomic mass is 19.2. The second-order valence-electron chi connectivity index (χ2n) is 10.8. The molecule has 1 atom stereocenters.